The van der Waals surface area contributed by atoms with E-state index in [9.17, 15) is 4.39 Å². The quantitative estimate of drug-likeness (QED) is 0.823. The molecule has 0 spiro atoms. The predicted octanol–water partition coefficient (Wildman–Crippen LogP) is 3.45. The minimum absolute atomic E-state index is 0.000509. The molecule has 1 unspecified atom stereocenters. The van der Waals surface area contributed by atoms with Crippen molar-refractivity contribution < 1.29 is 9.13 Å². The van der Waals surface area contributed by atoms with E-state index < -0.39 is 0 Å². The topological polar surface area (TPSA) is 12.5 Å². The van der Waals surface area contributed by atoms with Gasteiger partial charge in [0, 0.05) is 19.2 Å². The Morgan fingerprint density at radius 2 is 2.28 bits per heavy atom. The Morgan fingerprint density at radius 1 is 1.39 bits per heavy atom. The number of nitrogens with zero attached hydrogens (tertiary/aromatic N) is 1. The molecule has 0 amide bonds. The number of hydrogen-bond donors (Lipinski definition) is 0. The third-order valence-corrected chi connectivity index (χ3v) is 4.12. The van der Waals surface area contributed by atoms with Crippen molar-refractivity contribution in [2.75, 3.05) is 13.6 Å². The number of fused-ring (bicyclic) bond motifs is 1. The maximum Gasteiger partial charge on any atom is 0.146 e. The molecule has 18 heavy (non-hydrogen) atoms. The Kier molecular flexibility index (Phi) is 3.06. The van der Waals surface area contributed by atoms with Crippen molar-refractivity contribution in [2.24, 2.45) is 0 Å². The van der Waals surface area contributed by atoms with Crippen LogP contribution < -0.4 is 4.74 Å². The zero-order chi connectivity index (χ0) is 12.5. The Bertz CT molecular complexity index is 554. The highest BCUT2D eigenvalue weighted by Crippen LogP contribution is 2.33. The molecule has 0 bridgehead atoms. The van der Waals surface area contributed by atoms with E-state index in [1.165, 1.54) is 22.6 Å². The molecule has 1 aromatic heterocycles. The Morgan fingerprint density at radius 3 is 3.11 bits per heavy atom. The molecule has 0 saturated carbocycles. The van der Waals surface area contributed by atoms with Gasteiger partial charge in [-0.3, -0.25) is 4.90 Å². The van der Waals surface area contributed by atoms with Gasteiger partial charge in [-0.2, -0.15) is 0 Å². The van der Waals surface area contributed by atoms with Crippen LogP contribution in [0.5, 0.6) is 5.75 Å². The van der Waals surface area contributed by atoms with Gasteiger partial charge in [0.15, 0.2) is 0 Å². The minimum atomic E-state index is -0.261. The van der Waals surface area contributed by atoms with E-state index in [1.807, 2.05) is 0 Å². The Hall–Kier alpha value is -1.39. The molecule has 0 aliphatic carbocycles. The normalized spacial score (nSPS) is 19.6. The second-order valence-corrected chi connectivity index (χ2v) is 5.52. The van der Waals surface area contributed by atoms with E-state index in [0.717, 1.165) is 13.1 Å². The van der Waals surface area contributed by atoms with Gasteiger partial charge in [-0.1, -0.05) is 6.07 Å². The fourth-order valence-electron chi connectivity index (χ4n) is 2.28. The van der Waals surface area contributed by atoms with Gasteiger partial charge in [-0.25, -0.2) is 4.39 Å². The zero-order valence-electron chi connectivity index (χ0n) is 10.1. The maximum absolute atomic E-state index is 13.1. The SMILES string of the molecule is CN1Cc2ccsc2C(Oc2cccc(F)c2)C1. The molecular weight excluding hydrogens is 249 g/mol. The van der Waals surface area contributed by atoms with Gasteiger partial charge in [-0.15, -0.1) is 11.3 Å². The lowest BCUT2D eigenvalue weighted by Crippen LogP contribution is -2.31. The third kappa shape index (κ3) is 2.26. The smallest absolute Gasteiger partial charge is 0.146 e. The lowest BCUT2D eigenvalue weighted by Gasteiger charge is -2.30. The summed E-state index contributed by atoms with van der Waals surface area (Å²) in [6.07, 6.45) is 0.000509. The van der Waals surface area contributed by atoms with Gasteiger partial charge in [-0.05, 0) is 36.2 Å². The van der Waals surface area contributed by atoms with Crippen LogP contribution in [-0.4, -0.2) is 18.5 Å². The van der Waals surface area contributed by atoms with E-state index in [1.54, 1.807) is 23.5 Å². The average Bonchev–Trinajstić information content (AvgIpc) is 2.77. The number of benzene rings is 1. The molecule has 0 saturated heterocycles. The van der Waals surface area contributed by atoms with Crippen LogP contribution in [0.3, 0.4) is 0 Å². The fourth-order valence-corrected chi connectivity index (χ4v) is 3.21. The first-order valence-corrected chi connectivity index (χ1v) is 6.77. The van der Waals surface area contributed by atoms with Crippen LogP contribution in [-0.2, 0) is 6.54 Å². The molecule has 1 aliphatic heterocycles. The lowest BCUT2D eigenvalue weighted by atomic mass is 10.1. The molecule has 3 rings (SSSR count). The molecule has 0 radical (unpaired) electrons. The van der Waals surface area contributed by atoms with Crippen LogP contribution >= 0.6 is 11.3 Å². The summed E-state index contributed by atoms with van der Waals surface area (Å²) in [5, 5.41) is 2.09. The molecule has 1 atom stereocenters. The van der Waals surface area contributed by atoms with Gasteiger partial charge in [0.05, 0.1) is 4.88 Å². The van der Waals surface area contributed by atoms with Gasteiger partial charge in [0.25, 0.3) is 0 Å². The van der Waals surface area contributed by atoms with Crippen molar-refractivity contribution in [3.05, 3.63) is 52.0 Å². The zero-order valence-corrected chi connectivity index (χ0v) is 10.9. The van der Waals surface area contributed by atoms with Crippen molar-refractivity contribution in [3.63, 3.8) is 0 Å². The molecule has 0 fully saturated rings. The molecule has 0 N–H and O–H groups in total. The van der Waals surface area contributed by atoms with Crippen LogP contribution in [0.4, 0.5) is 4.39 Å². The summed E-state index contributed by atoms with van der Waals surface area (Å²) in [4.78, 5) is 3.48. The van der Waals surface area contributed by atoms with Gasteiger partial charge >= 0.3 is 0 Å². The number of hydrogen-bond acceptors (Lipinski definition) is 3. The minimum Gasteiger partial charge on any atom is -0.483 e. The van der Waals surface area contributed by atoms with E-state index in [2.05, 4.69) is 23.4 Å². The average molecular weight is 263 g/mol. The second-order valence-electron chi connectivity index (χ2n) is 4.57. The molecule has 94 valence electrons. The summed E-state index contributed by atoms with van der Waals surface area (Å²) in [7, 11) is 2.07. The maximum atomic E-state index is 13.1. The summed E-state index contributed by atoms with van der Waals surface area (Å²) in [6, 6.07) is 8.47. The molecule has 2 nitrogen and oxygen atoms in total. The third-order valence-electron chi connectivity index (χ3n) is 3.07. The molecule has 2 aromatic rings. The van der Waals surface area contributed by atoms with Crippen LogP contribution in [0.15, 0.2) is 35.7 Å². The standard InChI is InChI=1S/C14H14FNOS/c1-16-8-10-5-6-18-14(10)13(9-16)17-12-4-2-3-11(15)7-12/h2-7,13H,8-9H2,1H3. The van der Waals surface area contributed by atoms with Crippen LogP contribution in [0, 0.1) is 5.82 Å². The first-order chi connectivity index (χ1) is 8.72. The summed E-state index contributed by atoms with van der Waals surface area (Å²) < 4.78 is 19.1. The van der Waals surface area contributed by atoms with E-state index >= 15 is 0 Å². The summed E-state index contributed by atoms with van der Waals surface area (Å²) in [5.74, 6) is 0.331. The van der Waals surface area contributed by atoms with Gasteiger partial charge < -0.3 is 4.74 Å². The largest absolute Gasteiger partial charge is 0.483 e. The van der Waals surface area contributed by atoms with Crippen molar-refractivity contribution in [2.45, 2.75) is 12.6 Å². The molecule has 2 heterocycles. The van der Waals surface area contributed by atoms with Crippen LogP contribution in [0.2, 0.25) is 0 Å². The molecule has 1 aromatic carbocycles. The number of halogens is 1. The van der Waals surface area contributed by atoms with E-state index in [-0.39, 0.29) is 11.9 Å². The van der Waals surface area contributed by atoms with Crippen molar-refractivity contribution in [3.8, 4) is 5.75 Å². The summed E-state index contributed by atoms with van der Waals surface area (Å²) in [5.41, 5.74) is 1.31. The highest BCUT2D eigenvalue weighted by molar-refractivity contribution is 7.10. The summed E-state index contributed by atoms with van der Waals surface area (Å²) in [6.45, 7) is 1.80. The highest BCUT2D eigenvalue weighted by atomic mass is 32.1. The molecule has 4 heteroatoms. The molecular formula is C14H14FNOS. The van der Waals surface area contributed by atoms with E-state index in [0.29, 0.717) is 5.75 Å². The second kappa shape index (κ2) is 4.71. The fraction of sp³-hybridized carbons (Fsp3) is 0.286. The number of likely N-dealkylation sites (N-methyl/N-ethyl adjacent to an activating group) is 1. The van der Waals surface area contributed by atoms with Crippen molar-refractivity contribution in [1.82, 2.24) is 4.90 Å². The van der Waals surface area contributed by atoms with E-state index in [4.69, 9.17) is 4.74 Å². The first kappa shape index (κ1) is 11.7. The number of ether oxygens (including phenoxy) is 1. The Balaban J connectivity index is 1.86. The highest BCUT2D eigenvalue weighted by Gasteiger charge is 2.26. The van der Waals surface area contributed by atoms with Gasteiger partial charge in [0.2, 0.25) is 0 Å². The van der Waals surface area contributed by atoms with Crippen LogP contribution in [0.25, 0.3) is 0 Å². The predicted molar refractivity (Wildman–Crippen MR) is 70.4 cm³/mol. The van der Waals surface area contributed by atoms with Crippen molar-refractivity contribution >= 4 is 11.3 Å². The number of thiophene rings is 1. The number of rotatable bonds is 2. The Labute approximate surface area is 110 Å². The monoisotopic (exact) mass is 263 g/mol. The van der Waals surface area contributed by atoms with Crippen LogP contribution in [0.1, 0.15) is 16.5 Å². The molecule has 1 aliphatic rings. The van der Waals surface area contributed by atoms with Crippen molar-refractivity contribution in [1.29, 1.82) is 0 Å². The lowest BCUT2D eigenvalue weighted by molar-refractivity contribution is 0.132. The first-order valence-electron chi connectivity index (χ1n) is 5.89. The van der Waals surface area contributed by atoms with Gasteiger partial charge in [0.1, 0.15) is 17.7 Å². The summed E-state index contributed by atoms with van der Waals surface area (Å²) >= 11 is 1.71.